The van der Waals surface area contributed by atoms with Gasteiger partial charge in [-0.2, -0.15) is 0 Å². The van der Waals surface area contributed by atoms with E-state index >= 15 is 0 Å². The Morgan fingerprint density at radius 1 is 1.68 bits per heavy atom. The van der Waals surface area contributed by atoms with Crippen molar-refractivity contribution in [1.29, 1.82) is 0 Å². The minimum Gasteiger partial charge on any atom is -0.378 e. The molecular weight excluding hydrogens is 244 g/mol. The van der Waals surface area contributed by atoms with Crippen LogP contribution >= 0.6 is 0 Å². The molecule has 1 atom stereocenters. The summed E-state index contributed by atoms with van der Waals surface area (Å²) in [6, 6.07) is 3.55. The SMILES string of the molecule is CCNc1ncccc1CN1CCOCC1C(N)=O. The Kier molecular flexibility index (Phi) is 4.70. The zero-order chi connectivity index (χ0) is 13.7. The predicted molar refractivity (Wildman–Crippen MR) is 72.6 cm³/mol. The van der Waals surface area contributed by atoms with Crippen LogP contribution in [0.3, 0.4) is 0 Å². The number of carbonyl (C=O) groups is 1. The van der Waals surface area contributed by atoms with E-state index in [0.29, 0.717) is 26.3 Å². The van der Waals surface area contributed by atoms with Crippen LogP contribution in [0.5, 0.6) is 0 Å². The summed E-state index contributed by atoms with van der Waals surface area (Å²) >= 11 is 0. The summed E-state index contributed by atoms with van der Waals surface area (Å²) in [5.74, 6) is 0.522. The van der Waals surface area contributed by atoms with Gasteiger partial charge in [-0.15, -0.1) is 0 Å². The van der Waals surface area contributed by atoms with Gasteiger partial charge in [-0.1, -0.05) is 6.07 Å². The van der Waals surface area contributed by atoms with Crippen LogP contribution in [0.15, 0.2) is 18.3 Å². The lowest BCUT2D eigenvalue weighted by atomic mass is 10.1. The van der Waals surface area contributed by atoms with Crippen LogP contribution in [0.2, 0.25) is 0 Å². The van der Waals surface area contributed by atoms with Gasteiger partial charge >= 0.3 is 0 Å². The highest BCUT2D eigenvalue weighted by Gasteiger charge is 2.28. The number of anilines is 1. The average molecular weight is 264 g/mol. The highest BCUT2D eigenvalue weighted by molar-refractivity contribution is 5.80. The Balaban J connectivity index is 2.12. The van der Waals surface area contributed by atoms with E-state index in [1.807, 2.05) is 24.0 Å². The molecule has 1 unspecified atom stereocenters. The van der Waals surface area contributed by atoms with Crippen LogP contribution in [-0.4, -0.2) is 48.1 Å². The molecule has 1 amide bonds. The maximum atomic E-state index is 11.4. The van der Waals surface area contributed by atoms with Gasteiger partial charge in [0.2, 0.25) is 5.91 Å². The molecule has 0 spiro atoms. The highest BCUT2D eigenvalue weighted by atomic mass is 16.5. The lowest BCUT2D eigenvalue weighted by Gasteiger charge is -2.33. The molecule has 104 valence electrons. The Bertz CT molecular complexity index is 438. The topological polar surface area (TPSA) is 80.5 Å². The third-order valence-corrected chi connectivity index (χ3v) is 3.18. The first-order valence-corrected chi connectivity index (χ1v) is 6.51. The summed E-state index contributed by atoms with van der Waals surface area (Å²) in [6.07, 6.45) is 1.76. The van der Waals surface area contributed by atoms with Gasteiger partial charge < -0.3 is 15.8 Å². The second kappa shape index (κ2) is 6.49. The van der Waals surface area contributed by atoms with Crippen molar-refractivity contribution < 1.29 is 9.53 Å². The number of aromatic nitrogens is 1. The molecule has 2 heterocycles. The van der Waals surface area contributed by atoms with Crippen molar-refractivity contribution in [1.82, 2.24) is 9.88 Å². The lowest BCUT2D eigenvalue weighted by molar-refractivity contribution is -0.129. The van der Waals surface area contributed by atoms with Crippen molar-refractivity contribution in [3.05, 3.63) is 23.9 Å². The molecule has 6 nitrogen and oxygen atoms in total. The molecule has 1 aromatic rings. The third kappa shape index (κ3) is 3.42. The molecule has 3 N–H and O–H groups in total. The fourth-order valence-electron chi connectivity index (χ4n) is 2.20. The van der Waals surface area contributed by atoms with Gasteiger partial charge in [-0.25, -0.2) is 4.98 Å². The first-order valence-electron chi connectivity index (χ1n) is 6.51. The monoisotopic (exact) mass is 264 g/mol. The quantitative estimate of drug-likeness (QED) is 0.794. The molecule has 6 heteroatoms. The summed E-state index contributed by atoms with van der Waals surface area (Å²) in [5, 5.41) is 3.22. The number of nitrogens with zero attached hydrogens (tertiary/aromatic N) is 2. The molecule has 0 aromatic carbocycles. The molecule has 1 aliphatic rings. The van der Waals surface area contributed by atoms with Crippen LogP contribution in [0.25, 0.3) is 0 Å². The van der Waals surface area contributed by atoms with E-state index in [0.717, 1.165) is 17.9 Å². The number of carbonyl (C=O) groups excluding carboxylic acids is 1. The summed E-state index contributed by atoms with van der Waals surface area (Å²) in [6.45, 7) is 5.18. The van der Waals surface area contributed by atoms with Gasteiger partial charge in [-0.05, 0) is 13.0 Å². The largest absolute Gasteiger partial charge is 0.378 e. The minimum absolute atomic E-state index is 0.339. The third-order valence-electron chi connectivity index (χ3n) is 3.18. The number of morpholine rings is 1. The van der Waals surface area contributed by atoms with E-state index in [9.17, 15) is 4.79 Å². The molecule has 0 bridgehead atoms. The number of pyridine rings is 1. The standard InChI is InChI=1S/C13H20N4O2/c1-2-15-13-10(4-3-5-16-13)8-17-6-7-19-9-11(17)12(14)18/h3-5,11H,2,6-9H2,1H3,(H2,14,18)(H,15,16). The van der Waals surface area contributed by atoms with Crippen molar-refractivity contribution >= 4 is 11.7 Å². The number of nitrogens with two attached hydrogens (primary N) is 1. The Labute approximate surface area is 112 Å². The first-order chi connectivity index (χ1) is 9.22. The van der Waals surface area contributed by atoms with Gasteiger partial charge in [0.25, 0.3) is 0 Å². The molecule has 1 aliphatic heterocycles. The van der Waals surface area contributed by atoms with E-state index < -0.39 is 0 Å². The fraction of sp³-hybridized carbons (Fsp3) is 0.538. The number of primary amides is 1. The molecule has 0 saturated carbocycles. The molecule has 19 heavy (non-hydrogen) atoms. The van der Waals surface area contributed by atoms with Crippen molar-refractivity contribution in [2.75, 3.05) is 31.6 Å². The van der Waals surface area contributed by atoms with E-state index in [-0.39, 0.29) is 11.9 Å². The lowest BCUT2D eigenvalue weighted by Crippen LogP contribution is -2.51. The van der Waals surface area contributed by atoms with Gasteiger partial charge in [0.15, 0.2) is 0 Å². The second-order valence-electron chi connectivity index (χ2n) is 4.51. The molecule has 1 fully saturated rings. The van der Waals surface area contributed by atoms with Crippen molar-refractivity contribution in [2.45, 2.75) is 19.5 Å². The summed E-state index contributed by atoms with van der Waals surface area (Å²) < 4.78 is 5.32. The number of hydrogen-bond donors (Lipinski definition) is 2. The number of amides is 1. The molecule has 0 aliphatic carbocycles. The van der Waals surface area contributed by atoms with Crippen molar-refractivity contribution in [2.24, 2.45) is 5.73 Å². The summed E-state index contributed by atoms with van der Waals surface area (Å²) in [5.41, 5.74) is 6.48. The zero-order valence-electron chi connectivity index (χ0n) is 11.1. The maximum Gasteiger partial charge on any atom is 0.237 e. The van der Waals surface area contributed by atoms with Crippen LogP contribution in [0, 0.1) is 0 Å². The van der Waals surface area contributed by atoms with Gasteiger partial charge in [0.1, 0.15) is 11.9 Å². The van der Waals surface area contributed by atoms with E-state index in [1.54, 1.807) is 6.20 Å². The normalized spacial score (nSPS) is 20.2. The van der Waals surface area contributed by atoms with Gasteiger partial charge in [0.05, 0.1) is 13.2 Å². The molecule has 1 aromatic heterocycles. The molecular formula is C13H20N4O2. The predicted octanol–water partition coefficient (Wildman–Crippen LogP) is 0.200. The van der Waals surface area contributed by atoms with E-state index in [4.69, 9.17) is 10.5 Å². The highest BCUT2D eigenvalue weighted by Crippen LogP contribution is 2.17. The van der Waals surface area contributed by atoms with Crippen LogP contribution < -0.4 is 11.1 Å². The summed E-state index contributed by atoms with van der Waals surface area (Å²) in [4.78, 5) is 17.8. The number of ether oxygens (including phenoxy) is 1. The Hall–Kier alpha value is -1.66. The smallest absolute Gasteiger partial charge is 0.237 e. The van der Waals surface area contributed by atoms with Crippen LogP contribution in [-0.2, 0) is 16.1 Å². The molecule has 2 rings (SSSR count). The minimum atomic E-state index is -0.358. The number of nitrogens with one attached hydrogen (secondary N) is 1. The second-order valence-corrected chi connectivity index (χ2v) is 4.51. The number of rotatable bonds is 5. The summed E-state index contributed by atoms with van der Waals surface area (Å²) in [7, 11) is 0. The van der Waals surface area contributed by atoms with E-state index in [2.05, 4.69) is 10.3 Å². The average Bonchev–Trinajstić information content (AvgIpc) is 2.42. The molecule has 1 saturated heterocycles. The fourth-order valence-corrected chi connectivity index (χ4v) is 2.20. The first kappa shape index (κ1) is 13.8. The van der Waals surface area contributed by atoms with Gasteiger partial charge in [0, 0.05) is 31.4 Å². The number of hydrogen-bond acceptors (Lipinski definition) is 5. The van der Waals surface area contributed by atoms with Crippen molar-refractivity contribution in [3.63, 3.8) is 0 Å². The van der Waals surface area contributed by atoms with E-state index in [1.165, 1.54) is 0 Å². The van der Waals surface area contributed by atoms with Crippen LogP contribution in [0.4, 0.5) is 5.82 Å². The zero-order valence-corrected chi connectivity index (χ0v) is 11.1. The molecule has 0 radical (unpaired) electrons. The van der Waals surface area contributed by atoms with Gasteiger partial charge in [-0.3, -0.25) is 9.69 Å². The Morgan fingerprint density at radius 3 is 3.26 bits per heavy atom. The maximum absolute atomic E-state index is 11.4. The Morgan fingerprint density at radius 2 is 2.53 bits per heavy atom. The van der Waals surface area contributed by atoms with Crippen molar-refractivity contribution in [3.8, 4) is 0 Å². The van der Waals surface area contributed by atoms with Crippen LogP contribution in [0.1, 0.15) is 12.5 Å².